The maximum atomic E-state index is 15.0. The quantitative estimate of drug-likeness (QED) is 0.182. The molecule has 2 aromatic carbocycles. The molecule has 5 aromatic rings. The van der Waals surface area contributed by atoms with Crippen molar-refractivity contribution in [2.75, 3.05) is 31.6 Å². The summed E-state index contributed by atoms with van der Waals surface area (Å²) in [6, 6.07) is 25.7. The van der Waals surface area contributed by atoms with E-state index in [1.54, 1.807) is 58.6 Å². The number of para-hydroxylation sites is 1. The SMILES string of the molecule is CN1C(=CC(=O)c2ccc(C#N)cc2)N(CC2CCN(c3nnnn3-c3ccccc3)CC2)C(=O)C1(c1ccncc1)c1ccncc1. The number of carbonyl (C=O) groups excluding carboxylic acids is 2. The molecular weight excluding hydrogens is 604 g/mol. The third kappa shape index (κ3) is 5.35. The van der Waals surface area contributed by atoms with Crippen molar-refractivity contribution in [1.82, 2.24) is 40.0 Å². The number of pyridine rings is 2. The Morgan fingerprint density at radius 2 is 1.54 bits per heavy atom. The van der Waals surface area contributed by atoms with Gasteiger partial charge >= 0.3 is 0 Å². The number of tetrazole rings is 1. The Labute approximate surface area is 277 Å². The summed E-state index contributed by atoms with van der Waals surface area (Å²) in [5.74, 6) is 0.912. The predicted octanol–water partition coefficient (Wildman–Crippen LogP) is 3.98. The van der Waals surface area contributed by atoms with Crippen molar-refractivity contribution in [2.45, 2.75) is 18.4 Å². The van der Waals surface area contributed by atoms with Crippen LogP contribution in [-0.2, 0) is 10.3 Å². The number of amides is 1. The molecule has 7 rings (SSSR count). The first-order chi connectivity index (χ1) is 23.5. The number of nitrogens with zero attached hydrogens (tertiary/aromatic N) is 10. The van der Waals surface area contributed by atoms with E-state index in [0.717, 1.165) is 29.7 Å². The second-order valence-corrected chi connectivity index (χ2v) is 11.9. The molecule has 0 radical (unpaired) electrons. The zero-order valence-electron chi connectivity index (χ0n) is 26.3. The number of anilines is 1. The summed E-state index contributed by atoms with van der Waals surface area (Å²) >= 11 is 0. The summed E-state index contributed by atoms with van der Waals surface area (Å²) in [5, 5.41) is 21.7. The van der Waals surface area contributed by atoms with Gasteiger partial charge in [0.25, 0.3) is 5.91 Å². The van der Waals surface area contributed by atoms with E-state index < -0.39 is 5.54 Å². The smallest absolute Gasteiger partial charge is 0.263 e. The number of hydrogen-bond donors (Lipinski definition) is 0. The molecular formula is C36H32N10O2. The lowest BCUT2D eigenvalue weighted by Crippen LogP contribution is -2.46. The van der Waals surface area contributed by atoms with Gasteiger partial charge in [-0.3, -0.25) is 24.5 Å². The molecule has 0 spiro atoms. The lowest BCUT2D eigenvalue weighted by Gasteiger charge is -2.35. The minimum absolute atomic E-state index is 0.152. The minimum Gasteiger partial charge on any atom is -0.339 e. The topological polar surface area (TPSA) is 137 Å². The largest absolute Gasteiger partial charge is 0.339 e. The highest BCUT2D eigenvalue weighted by molar-refractivity contribution is 6.06. The van der Waals surface area contributed by atoms with Crippen LogP contribution in [0.25, 0.3) is 5.69 Å². The molecule has 0 bridgehead atoms. The molecule has 48 heavy (non-hydrogen) atoms. The van der Waals surface area contributed by atoms with E-state index >= 15 is 0 Å². The van der Waals surface area contributed by atoms with Crippen LogP contribution in [0.3, 0.4) is 0 Å². The Hall–Kier alpha value is -6.22. The maximum Gasteiger partial charge on any atom is 0.263 e. The fraction of sp³-hybridized carbons (Fsp3) is 0.222. The first-order valence-electron chi connectivity index (χ1n) is 15.7. The van der Waals surface area contributed by atoms with E-state index in [4.69, 9.17) is 0 Å². The zero-order valence-corrected chi connectivity index (χ0v) is 26.3. The van der Waals surface area contributed by atoms with Gasteiger partial charge in [0.1, 0.15) is 5.82 Å². The summed E-state index contributed by atoms with van der Waals surface area (Å²) < 4.78 is 1.74. The molecule has 3 aromatic heterocycles. The molecule has 0 saturated carbocycles. The second-order valence-electron chi connectivity index (χ2n) is 11.9. The lowest BCUT2D eigenvalue weighted by atomic mass is 9.82. The van der Waals surface area contributed by atoms with Gasteiger partial charge in [0.2, 0.25) is 5.95 Å². The molecule has 2 fully saturated rings. The Morgan fingerprint density at radius 3 is 2.15 bits per heavy atom. The molecule has 0 unspecified atom stereocenters. The highest BCUT2D eigenvalue weighted by atomic mass is 16.2. The number of carbonyl (C=O) groups is 2. The standard InChI is InChI=1S/C36H32N10O2/c1-43-33(23-32(47)28-9-7-26(24-37)8-10-28)45(34(48)36(43,29-11-17-38-18-12-29)30-13-19-39-20-14-30)25-27-15-21-44(22-16-27)35-40-41-42-46(35)31-5-3-2-4-6-31/h2-14,17-20,23,27H,15-16,21-22,25H2,1H3. The average molecular weight is 637 g/mol. The van der Waals surface area contributed by atoms with Gasteiger partial charge in [0.05, 0.1) is 17.3 Å². The van der Waals surface area contributed by atoms with Crippen molar-refractivity contribution >= 4 is 17.6 Å². The van der Waals surface area contributed by atoms with Crippen LogP contribution in [-0.4, -0.2) is 78.3 Å². The third-order valence-corrected chi connectivity index (χ3v) is 9.22. The summed E-state index contributed by atoms with van der Waals surface area (Å²) in [6.45, 7) is 1.84. The second kappa shape index (κ2) is 12.9. The number of piperidine rings is 1. The Bertz CT molecular complexity index is 1940. The first-order valence-corrected chi connectivity index (χ1v) is 15.7. The third-order valence-electron chi connectivity index (χ3n) is 9.22. The van der Waals surface area contributed by atoms with Gasteiger partial charge in [-0.15, -0.1) is 0 Å². The van der Waals surface area contributed by atoms with Gasteiger partial charge in [0.15, 0.2) is 11.3 Å². The van der Waals surface area contributed by atoms with Crippen molar-refractivity contribution < 1.29 is 9.59 Å². The number of rotatable bonds is 8. The highest BCUT2D eigenvalue weighted by Gasteiger charge is 2.56. The minimum atomic E-state index is -1.25. The highest BCUT2D eigenvalue weighted by Crippen LogP contribution is 2.46. The van der Waals surface area contributed by atoms with E-state index in [0.29, 0.717) is 42.5 Å². The maximum absolute atomic E-state index is 15.0. The average Bonchev–Trinajstić information content (AvgIpc) is 3.71. The molecule has 5 heterocycles. The summed E-state index contributed by atoms with van der Waals surface area (Å²) in [5.41, 5.74) is 2.00. The number of aromatic nitrogens is 6. The number of ketones is 1. The Morgan fingerprint density at radius 1 is 0.917 bits per heavy atom. The van der Waals surface area contributed by atoms with Crippen molar-refractivity contribution in [3.05, 3.63) is 138 Å². The molecule has 1 amide bonds. The number of hydrogen-bond acceptors (Lipinski definition) is 10. The summed E-state index contributed by atoms with van der Waals surface area (Å²) in [6.07, 6.45) is 9.82. The van der Waals surface area contributed by atoms with Crippen LogP contribution in [0.15, 0.2) is 116 Å². The number of benzene rings is 2. The molecule has 2 aliphatic heterocycles. The van der Waals surface area contributed by atoms with Crippen LogP contribution in [0, 0.1) is 17.2 Å². The molecule has 0 atom stereocenters. The number of nitriles is 1. The van der Waals surface area contributed by atoms with Crippen LogP contribution >= 0.6 is 0 Å². The van der Waals surface area contributed by atoms with Crippen molar-refractivity contribution in [1.29, 1.82) is 5.26 Å². The zero-order chi connectivity index (χ0) is 33.1. The Balaban J connectivity index is 1.22. The first kappa shape index (κ1) is 30.4. The van der Waals surface area contributed by atoms with Crippen molar-refractivity contribution in [2.24, 2.45) is 5.92 Å². The van der Waals surface area contributed by atoms with Crippen LogP contribution in [0.1, 0.15) is 39.9 Å². The van der Waals surface area contributed by atoms with E-state index in [1.807, 2.05) is 66.5 Å². The van der Waals surface area contributed by atoms with Gasteiger partial charge in [-0.1, -0.05) is 23.3 Å². The molecule has 2 saturated heterocycles. The van der Waals surface area contributed by atoms with Crippen LogP contribution in [0.4, 0.5) is 5.95 Å². The molecule has 2 aliphatic rings. The van der Waals surface area contributed by atoms with E-state index in [-0.39, 0.29) is 17.6 Å². The van der Waals surface area contributed by atoms with Gasteiger partial charge < -0.3 is 9.80 Å². The van der Waals surface area contributed by atoms with E-state index in [9.17, 15) is 14.9 Å². The normalized spacial score (nSPS) is 17.1. The van der Waals surface area contributed by atoms with Gasteiger partial charge in [0, 0.05) is 63.1 Å². The number of likely N-dealkylation sites (N-methyl/N-ethyl adjacent to an activating group) is 1. The van der Waals surface area contributed by atoms with Gasteiger partial charge in [-0.05, 0) is 101 Å². The Kier molecular flexibility index (Phi) is 8.17. The van der Waals surface area contributed by atoms with Gasteiger partial charge in [-0.2, -0.15) is 9.94 Å². The molecule has 12 heteroatoms. The molecule has 0 aliphatic carbocycles. The summed E-state index contributed by atoms with van der Waals surface area (Å²) in [7, 11) is 1.85. The van der Waals surface area contributed by atoms with Gasteiger partial charge in [-0.25, -0.2) is 0 Å². The van der Waals surface area contributed by atoms with Crippen molar-refractivity contribution in [3.8, 4) is 11.8 Å². The van der Waals surface area contributed by atoms with Crippen LogP contribution in [0.5, 0.6) is 0 Å². The van der Waals surface area contributed by atoms with E-state index in [1.165, 1.54) is 6.08 Å². The van der Waals surface area contributed by atoms with Crippen molar-refractivity contribution in [3.63, 3.8) is 0 Å². The lowest BCUT2D eigenvalue weighted by molar-refractivity contribution is -0.132. The molecule has 0 N–H and O–H groups in total. The molecule has 238 valence electrons. The molecule has 12 nitrogen and oxygen atoms in total. The monoisotopic (exact) mass is 636 g/mol. The van der Waals surface area contributed by atoms with Crippen LogP contribution in [0.2, 0.25) is 0 Å². The fourth-order valence-electron chi connectivity index (χ4n) is 6.73. The van der Waals surface area contributed by atoms with E-state index in [2.05, 4.69) is 36.5 Å². The van der Waals surface area contributed by atoms with Crippen LogP contribution < -0.4 is 4.90 Å². The number of allylic oxidation sites excluding steroid dienone is 1. The fourth-order valence-corrected chi connectivity index (χ4v) is 6.73. The summed E-state index contributed by atoms with van der Waals surface area (Å²) in [4.78, 5) is 43.0. The predicted molar refractivity (Wildman–Crippen MR) is 176 cm³/mol.